The Morgan fingerprint density at radius 1 is 1.00 bits per heavy atom. The largest absolute Gasteiger partial charge is 0.445 e. The molecule has 0 aromatic rings. The summed E-state index contributed by atoms with van der Waals surface area (Å²) in [6.07, 6.45) is -8.37. The van der Waals surface area contributed by atoms with Crippen molar-refractivity contribution in [3.05, 3.63) is 0 Å². The van der Waals surface area contributed by atoms with E-state index in [2.05, 4.69) is 11.7 Å². The molecular weight excluding hydrogens is 579 g/mol. The topological polar surface area (TPSA) is 141 Å². The highest BCUT2D eigenvalue weighted by atomic mass is 32.2. The molecule has 0 aliphatic heterocycles. The molecule has 4 aliphatic rings. The third kappa shape index (κ3) is 5.53. The van der Waals surface area contributed by atoms with Gasteiger partial charge in [0, 0.05) is 6.42 Å². The summed E-state index contributed by atoms with van der Waals surface area (Å²) in [7, 11) is -6.52. The van der Waals surface area contributed by atoms with E-state index in [9.17, 15) is 50.5 Å². The number of alkyl halides is 5. The van der Waals surface area contributed by atoms with Crippen LogP contribution in [0.3, 0.4) is 0 Å². The Morgan fingerprint density at radius 2 is 1.63 bits per heavy atom. The highest BCUT2D eigenvalue weighted by Gasteiger charge is 2.67. The fraction of sp³-hybridized carbons (Fsp3) is 0.963. The number of fused-ring (bicyclic) bond motifs is 5. The van der Waals surface area contributed by atoms with Crippen LogP contribution in [0.1, 0.15) is 78.6 Å². The molecule has 0 saturated heterocycles. The smallest absolute Gasteiger partial charge is 0.432 e. The summed E-state index contributed by atoms with van der Waals surface area (Å²) < 4.78 is 101. The number of halogens is 5. The van der Waals surface area contributed by atoms with Crippen molar-refractivity contribution < 1.29 is 59.8 Å². The molecule has 0 aromatic heterocycles. The lowest BCUT2D eigenvalue weighted by Gasteiger charge is -2.63. The van der Waals surface area contributed by atoms with Crippen molar-refractivity contribution in [1.82, 2.24) is 0 Å². The highest BCUT2D eigenvalue weighted by molar-refractivity contribution is 7.86. The van der Waals surface area contributed by atoms with Crippen molar-refractivity contribution in [2.75, 3.05) is 0 Å². The van der Waals surface area contributed by atoms with Crippen LogP contribution in [0.4, 0.5) is 22.0 Å². The molecular formula is C27H41F5O8S. The second-order valence-corrected chi connectivity index (χ2v) is 15.0. The first-order chi connectivity index (χ1) is 18.7. The lowest BCUT2D eigenvalue weighted by molar-refractivity contribution is -0.259. The van der Waals surface area contributed by atoms with E-state index in [-0.39, 0.29) is 47.3 Å². The average molecular weight is 621 g/mol. The zero-order valence-electron chi connectivity index (χ0n) is 23.4. The SMILES string of the molecule is C[C@H](CCC(=O)OC(C(F)(F)F)C(F)(F)S(=O)(=O)O)[C@H]1CC[C@H]2[C@@H]3[C@H](O)CC4C[C@H](O)CC[C@]4(C)[C@H]3C[C@H](O)[C@]12C. The van der Waals surface area contributed by atoms with Crippen molar-refractivity contribution in [2.45, 2.75) is 114 Å². The average Bonchev–Trinajstić information content (AvgIpc) is 3.19. The molecule has 4 fully saturated rings. The molecule has 12 atom stereocenters. The van der Waals surface area contributed by atoms with Gasteiger partial charge in [0.25, 0.3) is 6.10 Å². The Labute approximate surface area is 236 Å². The van der Waals surface area contributed by atoms with Gasteiger partial charge in [0.05, 0.1) is 18.3 Å². The van der Waals surface area contributed by atoms with E-state index in [0.717, 1.165) is 6.42 Å². The monoisotopic (exact) mass is 620 g/mol. The molecule has 8 nitrogen and oxygen atoms in total. The van der Waals surface area contributed by atoms with Crippen molar-refractivity contribution in [1.29, 1.82) is 0 Å². The Balaban J connectivity index is 1.46. The number of carbonyl (C=O) groups is 1. The molecule has 41 heavy (non-hydrogen) atoms. The molecule has 238 valence electrons. The van der Waals surface area contributed by atoms with Gasteiger partial charge < -0.3 is 20.1 Å². The van der Waals surface area contributed by atoms with Gasteiger partial charge in [-0.15, -0.1) is 0 Å². The van der Waals surface area contributed by atoms with Crippen molar-refractivity contribution in [3.63, 3.8) is 0 Å². The second kappa shape index (κ2) is 10.8. The van der Waals surface area contributed by atoms with E-state index in [1.165, 1.54) is 0 Å². The van der Waals surface area contributed by atoms with Crippen LogP contribution in [0.15, 0.2) is 0 Å². The molecule has 0 heterocycles. The molecule has 0 spiro atoms. The molecule has 4 rings (SSSR count). The fourth-order valence-electron chi connectivity index (χ4n) is 9.33. The second-order valence-electron chi connectivity index (χ2n) is 13.5. The third-order valence-corrected chi connectivity index (χ3v) is 12.4. The molecule has 4 saturated carbocycles. The maximum absolute atomic E-state index is 13.8. The Hall–Kier alpha value is -1.09. The van der Waals surface area contributed by atoms with E-state index >= 15 is 0 Å². The minimum Gasteiger partial charge on any atom is -0.445 e. The summed E-state index contributed by atoms with van der Waals surface area (Å²) >= 11 is 0. The third-order valence-electron chi connectivity index (χ3n) is 11.5. The first-order valence-electron chi connectivity index (χ1n) is 14.3. The number of aliphatic hydroxyl groups is 3. The predicted molar refractivity (Wildman–Crippen MR) is 135 cm³/mol. The van der Waals surface area contributed by atoms with Crippen molar-refractivity contribution >= 4 is 16.1 Å². The van der Waals surface area contributed by atoms with E-state index in [1.807, 2.05) is 6.92 Å². The number of esters is 1. The summed E-state index contributed by atoms with van der Waals surface area (Å²) in [4.78, 5) is 12.2. The predicted octanol–water partition coefficient (Wildman–Crippen LogP) is 4.32. The quantitative estimate of drug-likeness (QED) is 0.187. The summed E-state index contributed by atoms with van der Waals surface area (Å²) in [6, 6.07) is 0. The van der Waals surface area contributed by atoms with Gasteiger partial charge in [-0.05, 0) is 97.7 Å². The van der Waals surface area contributed by atoms with Crippen LogP contribution >= 0.6 is 0 Å². The molecule has 0 amide bonds. The van der Waals surface area contributed by atoms with Gasteiger partial charge in [0.2, 0.25) is 0 Å². The normalized spacial score (nSPS) is 42.9. The van der Waals surface area contributed by atoms with E-state index < -0.39 is 63.8 Å². The first-order valence-corrected chi connectivity index (χ1v) is 15.7. The van der Waals surface area contributed by atoms with Crippen LogP contribution < -0.4 is 0 Å². The van der Waals surface area contributed by atoms with Gasteiger partial charge in [-0.2, -0.15) is 30.4 Å². The number of hydrogen-bond donors (Lipinski definition) is 4. The van der Waals surface area contributed by atoms with E-state index in [0.29, 0.717) is 38.5 Å². The number of carbonyl (C=O) groups excluding carboxylic acids is 1. The van der Waals surface area contributed by atoms with Gasteiger partial charge in [-0.25, -0.2) is 0 Å². The van der Waals surface area contributed by atoms with Crippen LogP contribution in [-0.4, -0.2) is 70.1 Å². The van der Waals surface area contributed by atoms with E-state index in [4.69, 9.17) is 4.55 Å². The van der Waals surface area contributed by atoms with Gasteiger partial charge in [-0.1, -0.05) is 20.8 Å². The van der Waals surface area contributed by atoms with Crippen LogP contribution in [0.5, 0.6) is 0 Å². The zero-order chi connectivity index (χ0) is 30.9. The lowest BCUT2D eigenvalue weighted by atomic mass is 9.43. The van der Waals surface area contributed by atoms with Gasteiger partial charge in [0.15, 0.2) is 0 Å². The van der Waals surface area contributed by atoms with Crippen molar-refractivity contribution in [3.8, 4) is 0 Å². The summed E-state index contributed by atoms with van der Waals surface area (Å²) in [6.45, 7) is 5.90. The van der Waals surface area contributed by atoms with Crippen LogP contribution in [0, 0.1) is 46.3 Å². The van der Waals surface area contributed by atoms with Crippen LogP contribution in [0.2, 0.25) is 0 Å². The summed E-state index contributed by atoms with van der Waals surface area (Å²) in [5, 5.41) is 27.4. The van der Waals surface area contributed by atoms with E-state index in [1.54, 1.807) is 6.92 Å². The Bertz CT molecular complexity index is 1100. The minimum atomic E-state index is -6.52. The molecule has 0 bridgehead atoms. The molecule has 0 aromatic carbocycles. The van der Waals surface area contributed by atoms with Gasteiger partial charge in [0.1, 0.15) is 0 Å². The fourth-order valence-corrected chi connectivity index (χ4v) is 9.78. The number of rotatable bonds is 7. The van der Waals surface area contributed by atoms with Crippen LogP contribution in [-0.2, 0) is 19.6 Å². The summed E-state index contributed by atoms with van der Waals surface area (Å²) in [5.41, 5.74) is -0.784. The number of ether oxygens (including phenoxy) is 1. The lowest BCUT2D eigenvalue weighted by Crippen LogP contribution is -2.62. The first kappa shape index (κ1) is 32.8. The highest BCUT2D eigenvalue weighted by Crippen LogP contribution is 2.68. The van der Waals surface area contributed by atoms with Crippen molar-refractivity contribution in [2.24, 2.45) is 46.3 Å². The Morgan fingerprint density at radius 3 is 2.22 bits per heavy atom. The maximum Gasteiger partial charge on any atom is 0.432 e. The number of aliphatic hydroxyl groups excluding tert-OH is 3. The number of hydrogen-bond acceptors (Lipinski definition) is 7. The zero-order valence-corrected chi connectivity index (χ0v) is 24.2. The maximum atomic E-state index is 13.8. The molecule has 2 unspecified atom stereocenters. The van der Waals surface area contributed by atoms with Crippen LogP contribution in [0.25, 0.3) is 0 Å². The Kier molecular flexibility index (Phi) is 8.66. The molecule has 4 aliphatic carbocycles. The molecule has 4 N–H and O–H groups in total. The summed E-state index contributed by atoms with van der Waals surface area (Å²) in [5.74, 6) is -2.12. The molecule has 14 heteroatoms. The van der Waals surface area contributed by atoms with Gasteiger partial charge >= 0.3 is 27.5 Å². The minimum absolute atomic E-state index is 0.0432. The standard InChI is InChI=1S/C27H41F5O8S/c1-13(4-7-21(36)40-23(26(28,29)30)27(31,32)41(37,38)39)16-5-6-17-22-18(12-20(35)25(16,17)3)24(2)9-8-15(33)10-14(24)11-19(22)34/h13-20,22-23,33-35H,4-12H2,1-3H3,(H,37,38,39)/t13-,14?,15-,16-,17+,18+,19-,20+,22+,23?,24+,25-/m1/s1. The molecule has 0 radical (unpaired) electrons. The van der Waals surface area contributed by atoms with Gasteiger partial charge in [-0.3, -0.25) is 9.35 Å².